The van der Waals surface area contributed by atoms with Gasteiger partial charge in [0.2, 0.25) is 5.91 Å². The van der Waals surface area contributed by atoms with Crippen molar-refractivity contribution in [3.63, 3.8) is 0 Å². The van der Waals surface area contributed by atoms with Crippen molar-refractivity contribution in [2.75, 3.05) is 11.1 Å². The highest BCUT2D eigenvalue weighted by Crippen LogP contribution is 2.27. The molecule has 0 aliphatic rings. The summed E-state index contributed by atoms with van der Waals surface area (Å²) in [7, 11) is 0. The average Bonchev–Trinajstić information content (AvgIpc) is 3.08. The van der Waals surface area contributed by atoms with E-state index in [0.29, 0.717) is 0 Å². The van der Waals surface area contributed by atoms with Crippen molar-refractivity contribution in [2.45, 2.75) is 51.7 Å². The van der Waals surface area contributed by atoms with Crippen molar-refractivity contribution < 1.29 is 4.79 Å². The fourth-order valence-electron chi connectivity index (χ4n) is 3.06. The van der Waals surface area contributed by atoms with E-state index in [-0.39, 0.29) is 17.1 Å². The van der Waals surface area contributed by atoms with Gasteiger partial charge in [-0.25, -0.2) is 0 Å². The first-order valence-electron chi connectivity index (χ1n) is 9.81. The van der Waals surface area contributed by atoms with Gasteiger partial charge < -0.3 is 9.88 Å². The van der Waals surface area contributed by atoms with Crippen LogP contribution in [0.2, 0.25) is 0 Å². The number of aromatic nitrogens is 3. The maximum atomic E-state index is 12.3. The van der Waals surface area contributed by atoms with E-state index in [1.54, 1.807) is 0 Å². The minimum atomic E-state index is -0.0534. The molecule has 0 saturated heterocycles. The number of hydrogen-bond donors (Lipinski definition) is 1. The summed E-state index contributed by atoms with van der Waals surface area (Å²) in [5, 5.41) is 12.4. The lowest BCUT2D eigenvalue weighted by atomic mass is 9.87. The Morgan fingerprint density at radius 3 is 2.45 bits per heavy atom. The SMILES string of the molecule is CCn1c(SCC(=O)Nc2cccc(C)c2)nnc1-c1ccc(C(C)(C)C)cc1. The van der Waals surface area contributed by atoms with Gasteiger partial charge in [0.1, 0.15) is 0 Å². The standard InChI is InChI=1S/C23H28N4OS/c1-6-27-21(17-10-12-18(13-11-17)23(3,4)5)25-26-22(27)29-15-20(28)24-19-9-7-8-16(2)14-19/h7-14H,6,15H2,1-5H3,(H,24,28). The van der Waals surface area contributed by atoms with Gasteiger partial charge in [-0.3, -0.25) is 4.79 Å². The molecule has 1 amide bonds. The van der Waals surface area contributed by atoms with E-state index in [9.17, 15) is 4.79 Å². The second kappa shape index (κ2) is 8.82. The second-order valence-electron chi connectivity index (χ2n) is 8.08. The third-order valence-corrected chi connectivity index (χ3v) is 5.64. The van der Waals surface area contributed by atoms with Gasteiger partial charge in [-0.2, -0.15) is 0 Å². The number of amides is 1. The molecule has 0 spiro atoms. The van der Waals surface area contributed by atoms with Crippen LogP contribution in [-0.2, 0) is 16.8 Å². The minimum Gasteiger partial charge on any atom is -0.325 e. The molecule has 0 aliphatic heterocycles. The van der Waals surface area contributed by atoms with E-state index in [1.165, 1.54) is 17.3 Å². The summed E-state index contributed by atoms with van der Waals surface area (Å²) in [5.74, 6) is 1.06. The van der Waals surface area contributed by atoms with Crippen LogP contribution in [0.25, 0.3) is 11.4 Å². The van der Waals surface area contributed by atoms with Crippen molar-refractivity contribution in [2.24, 2.45) is 0 Å². The lowest BCUT2D eigenvalue weighted by molar-refractivity contribution is -0.113. The second-order valence-corrected chi connectivity index (χ2v) is 9.03. The highest BCUT2D eigenvalue weighted by atomic mass is 32.2. The Hall–Kier alpha value is -2.60. The molecule has 1 heterocycles. The Morgan fingerprint density at radius 1 is 1.10 bits per heavy atom. The molecule has 5 nitrogen and oxygen atoms in total. The fourth-order valence-corrected chi connectivity index (χ4v) is 3.87. The molecule has 1 aromatic heterocycles. The van der Waals surface area contributed by atoms with Crippen LogP contribution in [0.1, 0.15) is 38.8 Å². The Kier molecular flexibility index (Phi) is 6.42. The summed E-state index contributed by atoms with van der Waals surface area (Å²) in [6.45, 7) is 11.4. The number of carbonyl (C=O) groups is 1. The van der Waals surface area contributed by atoms with Gasteiger partial charge in [-0.15, -0.1) is 10.2 Å². The van der Waals surface area contributed by atoms with Crippen molar-refractivity contribution in [1.82, 2.24) is 14.8 Å². The summed E-state index contributed by atoms with van der Waals surface area (Å²) in [4.78, 5) is 12.3. The van der Waals surface area contributed by atoms with Crippen molar-refractivity contribution in [1.29, 1.82) is 0 Å². The van der Waals surface area contributed by atoms with Gasteiger partial charge in [0.05, 0.1) is 5.75 Å². The number of thioether (sulfide) groups is 1. The number of benzene rings is 2. The topological polar surface area (TPSA) is 59.8 Å². The number of hydrogen-bond acceptors (Lipinski definition) is 4. The van der Waals surface area contributed by atoms with E-state index < -0.39 is 0 Å². The first-order valence-corrected chi connectivity index (χ1v) is 10.8. The van der Waals surface area contributed by atoms with E-state index >= 15 is 0 Å². The molecule has 0 saturated carbocycles. The van der Waals surface area contributed by atoms with Crippen molar-refractivity contribution in [3.8, 4) is 11.4 Å². The van der Waals surface area contributed by atoms with Crippen LogP contribution in [-0.4, -0.2) is 26.4 Å². The van der Waals surface area contributed by atoms with Gasteiger partial charge in [-0.05, 0) is 42.5 Å². The van der Waals surface area contributed by atoms with Crippen LogP contribution in [0, 0.1) is 6.92 Å². The largest absolute Gasteiger partial charge is 0.325 e. The third-order valence-electron chi connectivity index (χ3n) is 4.68. The summed E-state index contributed by atoms with van der Waals surface area (Å²) in [5.41, 5.74) is 4.35. The van der Waals surface area contributed by atoms with E-state index in [1.807, 2.05) is 31.2 Å². The van der Waals surface area contributed by atoms with Crippen LogP contribution in [0.4, 0.5) is 5.69 Å². The van der Waals surface area contributed by atoms with Crippen molar-refractivity contribution in [3.05, 3.63) is 59.7 Å². The molecular weight excluding hydrogens is 380 g/mol. The molecule has 29 heavy (non-hydrogen) atoms. The molecule has 0 bridgehead atoms. The normalized spacial score (nSPS) is 11.5. The molecule has 152 valence electrons. The van der Waals surface area contributed by atoms with Crippen LogP contribution in [0.5, 0.6) is 0 Å². The highest BCUT2D eigenvalue weighted by Gasteiger charge is 2.17. The highest BCUT2D eigenvalue weighted by molar-refractivity contribution is 7.99. The van der Waals surface area contributed by atoms with Crippen LogP contribution >= 0.6 is 11.8 Å². The molecule has 6 heteroatoms. The number of nitrogens with zero attached hydrogens (tertiary/aromatic N) is 3. The lowest BCUT2D eigenvalue weighted by Gasteiger charge is -2.19. The molecule has 1 N–H and O–H groups in total. The number of nitrogens with one attached hydrogen (secondary N) is 1. The third kappa shape index (κ3) is 5.26. The Labute approximate surface area is 176 Å². The van der Waals surface area contributed by atoms with Gasteiger partial charge >= 0.3 is 0 Å². The quantitative estimate of drug-likeness (QED) is 0.562. The fraction of sp³-hybridized carbons (Fsp3) is 0.348. The van der Waals surface area contributed by atoms with E-state index in [4.69, 9.17) is 0 Å². The number of carbonyl (C=O) groups excluding carboxylic acids is 1. The Balaban J connectivity index is 1.70. The molecular formula is C23H28N4OS. The summed E-state index contributed by atoms with van der Waals surface area (Å²) >= 11 is 1.40. The van der Waals surface area contributed by atoms with Gasteiger partial charge in [0, 0.05) is 17.8 Å². The summed E-state index contributed by atoms with van der Waals surface area (Å²) < 4.78 is 2.05. The zero-order chi connectivity index (χ0) is 21.0. The zero-order valence-electron chi connectivity index (χ0n) is 17.7. The minimum absolute atomic E-state index is 0.0534. The van der Waals surface area contributed by atoms with Gasteiger partial charge in [0.25, 0.3) is 0 Å². The van der Waals surface area contributed by atoms with Crippen LogP contribution in [0.15, 0.2) is 53.7 Å². The molecule has 0 unspecified atom stereocenters. The summed E-state index contributed by atoms with van der Waals surface area (Å²) in [6, 6.07) is 16.3. The maximum absolute atomic E-state index is 12.3. The molecule has 0 atom stereocenters. The first kappa shape index (κ1) is 21.1. The number of anilines is 1. The maximum Gasteiger partial charge on any atom is 0.234 e. The van der Waals surface area contributed by atoms with E-state index in [2.05, 4.69) is 72.0 Å². The van der Waals surface area contributed by atoms with E-state index in [0.717, 1.165) is 34.3 Å². The molecule has 3 aromatic rings. The van der Waals surface area contributed by atoms with Crippen molar-refractivity contribution >= 4 is 23.4 Å². The molecule has 0 aliphatic carbocycles. The molecule has 3 rings (SSSR count). The predicted octanol–water partition coefficient (Wildman–Crippen LogP) is 5.30. The Morgan fingerprint density at radius 2 is 1.83 bits per heavy atom. The van der Waals surface area contributed by atoms with Crippen LogP contribution < -0.4 is 5.32 Å². The van der Waals surface area contributed by atoms with Crippen LogP contribution in [0.3, 0.4) is 0 Å². The molecule has 0 radical (unpaired) electrons. The molecule has 2 aromatic carbocycles. The van der Waals surface area contributed by atoms with Gasteiger partial charge in [-0.1, -0.05) is 68.9 Å². The number of aryl methyl sites for hydroxylation is 1. The summed E-state index contributed by atoms with van der Waals surface area (Å²) in [6.07, 6.45) is 0. The molecule has 0 fully saturated rings. The lowest BCUT2D eigenvalue weighted by Crippen LogP contribution is -2.14. The Bertz CT molecular complexity index is 987. The monoisotopic (exact) mass is 408 g/mol. The zero-order valence-corrected chi connectivity index (χ0v) is 18.5. The number of rotatable bonds is 6. The first-order chi connectivity index (χ1) is 13.8. The predicted molar refractivity (Wildman–Crippen MR) is 120 cm³/mol. The van der Waals surface area contributed by atoms with Gasteiger partial charge in [0.15, 0.2) is 11.0 Å². The smallest absolute Gasteiger partial charge is 0.234 e. The average molecular weight is 409 g/mol.